The molecule has 8 nitrogen and oxygen atoms in total. The van der Waals surface area contributed by atoms with Crippen LogP contribution in [0.1, 0.15) is 18.9 Å². The molecule has 0 aromatic heterocycles. The third-order valence-corrected chi connectivity index (χ3v) is 3.65. The summed E-state index contributed by atoms with van der Waals surface area (Å²) in [4.78, 5) is 17.5. The largest absolute Gasteiger partial charge is 0.454 e. The van der Waals surface area contributed by atoms with E-state index >= 15 is 0 Å². The van der Waals surface area contributed by atoms with Gasteiger partial charge in [0.25, 0.3) is 0 Å². The molecule has 1 aromatic rings. The van der Waals surface area contributed by atoms with Crippen molar-refractivity contribution in [1.29, 1.82) is 0 Å². The Hall–Kier alpha value is -2.78. The highest BCUT2D eigenvalue weighted by Crippen LogP contribution is 2.38. The van der Waals surface area contributed by atoms with Crippen molar-refractivity contribution in [2.45, 2.75) is 26.5 Å². The lowest BCUT2D eigenvalue weighted by molar-refractivity contribution is -0.128. The number of ether oxygens (including phenoxy) is 3. The number of benzene rings is 1. The average molecular weight is 386 g/mol. The van der Waals surface area contributed by atoms with Gasteiger partial charge < -0.3 is 29.7 Å². The number of fused-ring (bicyclic) bond motifs is 1. The van der Waals surface area contributed by atoms with Crippen molar-refractivity contribution in [3.63, 3.8) is 0 Å². The molecule has 0 bridgehead atoms. The van der Waals surface area contributed by atoms with Gasteiger partial charge in [-0.15, -0.1) is 0 Å². The second-order valence-corrected chi connectivity index (χ2v) is 5.85. The third-order valence-electron chi connectivity index (χ3n) is 3.65. The van der Waals surface area contributed by atoms with Crippen molar-refractivity contribution < 1.29 is 27.8 Å². The van der Waals surface area contributed by atoms with Crippen LogP contribution in [0.2, 0.25) is 0 Å². The zero-order valence-electron chi connectivity index (χ0n) is 15.6. The SMILES string of the molecule is CCNC(=NCc1cc2c(cc1OC(F)F)OCO2)NCCC(=O)N(C)C. The summed E-state index contributed by atoms with van der Waals surface area (Å²) in [6.07, 6.45) is 0.307. The molecular weight excluding hydrogens is 362 g/mol. The van der Waals surface area contributed by atoms with E-state index in [0.29, 0.717) is 42.5 Å². The van der Waals surface area contributed by atoms with Crippen molar-refractivity contribution in [2.75, 3.05) is 34.0 Å². The summed E-state index contributed by atoms with van der Waals surface area (Å²) in [5.41, 5.74) is 0.432. The lowest BCUT2D eigenvalue weighted by Crippen LogP contribution is -2.39. The first-order valence-electron chi connectivity index (χ1n) is 8.50. The Balaban J connectivity index is 2.08. The summed E-state index contributed by atoms with van der Waals surface area (Å²) in [6, 6.07) is 2.94. The Kier molecular flexibility index (Phi) is 7.44. The number of carbonyl (C=O) groups excluding carboxylic acids is 1. The first-order chi connectivity index (χ1) is 12.9. The average Bonchev–Trinajstić information content (AvgIpc) is 3.05. The maximum Gasteiger partial charge on any atom is 0.387 e. The number of aliphatic imine (C=N–C) groups is 1. The number of halogens is 2. The zero-order valence-corrected chi connectivity index (χ0v) is 15.6. The van der Waals surface area contributed by atoms with Crippen LogP contribution in [0.5, 0.6) is 17.2 Å². The topological polar surface area (TPSA) is 84.4 Å². The van der Waals surface area contributed by atoms with Crippen LogP contribution in [-0.2, 0) is 11.3 Å². The van der Waals surface area contributed by atoms with Crippen molar-refractivity contribution in [1.82, 2.24) is 15.5 Å². The van der Waals surface area contributed by atoms with Gasteiger partial charge in [-0.05, 0) is 13.0 Å². The second-order valence-electron chi connectivity index (χ2n) is 5.85. The van der Waals surface area contributed by atoms with Crippen LogP contribution >= 0.6 is 0 Å². The monoisotopic (exact) mass is 386 g/mol. The van der Waals surface area contributed by atoms with Gasteiger partial charge in [-0.2, -0.15) is 8.78 Å². The fourth-order valence-electron chi connectivity index (χ4n) is 2.31. The van der Waals surface area contributed by atoms with E-state index in [2.05, 4.69) is 20.4 Å². The summed E-state index contributed by atoms with van der Waals surface area (Å²) in [7, 11) is 3.37. The van der Waals surface area contributed by atoms with E-state index in [-0.39, 0.29) is 25.0 Å². The van der Waals surface area contributed by atoms with Crippen molar-refractivity contribution >= 4 is 11.9 Å². The molecule has 10 heteroatoms. The number of alkyl halides is 2. The number of amides is 1. The van der Waals surface area contributed by atoms with Gasteiger partial charge in [-0.3, -0.25) is 4.79 Å². The molecule has 0 fully saturated rings. The van der Waals surface area contributed by atoms with Gasteiger partial charge in [0.2, 0.25) is 12.7 Å². The number of nitrogens with one attached hydrogen (secondary N) is 2. The molecule has 0 unspecified atom stereocenters. The number of nitrogens with zero attached hydrogens (tertiary/aromatic N) is 2. The molecule has 1 aromatic carbocycles. The molecule has 1 amide bonds. The quantitative estimate of drug-likeness (QED) is 0.521. The first-order valence-corrected chi connectivity index (χ1v) is 8.50. The van der Waals surface area contributed by atoms with Gasteiger partial charge in [0.05, 0.1) is 6.54 Å². The molecule has 0 saturated heterocycles. The predicted octanol–water partition coefficient (Wildman–Crippen LogP) is 1.55. The van der Waals surface area contributed by atoms with Crippen molar-refractivity contribution in [3.05, 3.63) is 17.7 Å². The van der Waals surface area contributed by atoms with Gasteiger partial charge >= 0.3 is 6.61 Å². The van der Waals surface area contributed by atoms with Crippen LogP contribution in [0.25, 0.3) is 0 Å². The fourth-order valence-corrected chi connectivity index (χ4v) is 2.31. The van der Waals surface area contributed by atoms with Crippen LogP contribution in [0.4, 0.5) is 8.78 Å². The van der Waals surface area contributed by atoms with Crippen molar-refractivity contribution in [3.8, 4) is 17.2 Å². The second kappa shape index (κ2) is 9.79. The fraction of sp³-hybridized carbons (Fsp3) is 0.529. The van der Waals surface area contributed by atoms with Gasteiger partial charge in [-0.1, -0.05) is 0 Å². The van der Waals surface area contributed by atoms with Crippen LogP contribution < -0.4 is 24.8 Å². The van der Waals surface area contributed by atoms with Crippen LogP contribution in [0, 0.1) is 0 Å². The molecule has 2 N–H and O–H groups in total. The van der Waals surface area contributed by atoms with E-state index in [1.165, 1.54) is 11.0 Å². The van der Waals surface area contributed by atoms with Crippen LogP contribution in [-0.4, -0.2) is 57.4 Å². The summed E-state index contributed by atoms with van der Waals surface area (Å²) >= 11 is 0. The predicted molar refractivity (Wildman–Crippen MR) is 95.3 cm³/mol. The highest BCUT2D eigenvalue weighted by molar-refractivity contribution is 5.81. The third kappa shape index (κ3) is 6.15. The Morgan fingerprint density at radius 2 is 2.00 bits per heavy atom. The molecule has 1 heterocycles. The first kappa shape index (κ1) is 20.5. The van der Waals surface area contributed by atoms with Crippen LogP contribution in [0.15, 0.2) is 17.1 Å². The molecule has 150 valence electrons. The van der Waals surface area contributed by atoms with Crippen LogP contribution in [0.3, 0.4) is 0 Å². The van der Waals surface area contributed by atoms with Crippen molar-refractivity contribution in [2.24, 2.45) is 4.99 Å². The molecule has 0 saturated carbocycles. The molecule has 0 radical (unpaired) electrons. The van der Waals surface area contributed by atoms with E-state index in [9.17, 15) is 13.6 Å². The molecular formula is C17H24F2N4O4. The minimum atomic E-state index is -2.96. The minimum Gasteiger partial charge on any atom is -0.454 e. The molecule has 2 rings (SSSR count). The summed E-state index contributed by atoms with van der Waals surface area (Å²) in [5.74, 6) is 1.24. The molecule has 0 atom stereocenters. The number of rotatable bonds is 8. The van der Waals surface area contributed by atoms with E-state index in [4.69, 9.17) is 9.47 Å². The van der Waals surface area contributed by atoms with Gasteiger partial charge in [0, 0.05) is 45.2 Å². The molecule has 0 spiro atoms. The molecule has 0 aliphatic carbocycles. The zero-order chi connectivity index (χ0) is 19.8. The van der Waals surface area contributed by atoms with E-state index in [1.807, 2.05) is 6.92 Å². The minimum absolute atomic E-state index is 0.0123. The Labute approximate surface area is 156 Å². The number of hydrogen-bond donors (Lipinski definition) is 2. The summed E-state index contributed by atoms with van der Waals surface area (Å²) in [6.45, 7) is 0.0418. The van der Waals surface area contributed by atoms with E-state index in [1.54, 1.807) is 20.2 Å². The Morgan fingerprint density at radius 3 is 2.63 bits per heavy atom. The normalized spacial score (nSPS) is 12.9. The maximum atomic E-state index is 12.7. The summed E-state index contributed by atoms with van der Waals surface area (Å²) < 4.78 is 40.4. The molecule has 1 aliphatic rings. The summed E-state index contributed by atoms with van der Waals surface area (Å²) in [5, 5.41) is 6.07. The lowest BCUT2D eigenvalue weighted by atomic mass is 10.1. The molecule has 1 aliphatic heterocycles. The molecule has 27 heavy (non-hydrogen) atoms. The Morgan fingerprint density at radius 1 is 1.30 bits per heavy atom. The lowest BCUT2D eigenvalue weighted by Gasteiger charge is -2.14. The Bertz CT molecular complexity index is 683. The highest BCUT2D eigenvalue weighted by Gasteiger charge is 2.20. The van der Waals surface area contributed by atoms with Gasteiger partial charge in [0.15, 0.2) is 17.5 Å². The smallest absolute Gasteiger partial charge is 0.387 e. The number of hydrogen-bond acceptors (Lipinski definition) is 5. The maximum absolute atomic E-state index is 12.7. The van der Waals surface area contributed by atoms with E-state index in [0.717, 1.165) is 0 Å². The van der Waals surface area contributed by atoms with Gasteiger partial charge in [-0.25, -0.2) is 4.99 Å². The highest BCUT2D eigenvalue weighted by atomic mass is 19.3. The van der Waals surface area contributed by atoms with E-state index < -0.39 is 6.61 Å². The number of guanidine groups is 1. The van der Waals surface area contributed by atoms with Gasteiger partial charge in [0.1, 0.15) is 5.75 Å². The standard InChI is InChI=1S/C17H24F2N4O4/c1-4-20-17(21-6-5-15(24)23(2)3)22-9-11-7-13-14(26-10-25-13)8-12(11)27-16(18)19/h7-8,16H,4-6,9-10H2,1-3H3,(H2,20,21,22). The number of carbonyl (C=O) groups is 1.